The van der Waals surface area contributed by atoms with Crippen molar-refractivity contribution in [3.8, 4) is 11.1 Å². The molecule has 2 amide bonds. The number of primary amides is 1. The third-order valence-electron chi connectivity index (χ3n) is 3.72. The molecule has 0 bridgehead atoms. The molecule has 126 valence electrons. The van der Waals surface area contributed by atoms with Gasteiger partial charge in [0, 0.05) is 43.7 Å². The number of methoxy groups -OCH3 is 1. The van der Waals surface area contributed by atoms with E-state index < -0.39 is 5.91 Å². The number of aromatic nitrogens is 1. The van der Waals surface area contributed by atoms with Crippen molar-refractivity contribution >= 4 is 11.8 Å². The van der Waals surface area contributed by atoms with Crippen molar-refractivity contribution < 1.29 is 14.3 Å². The van der Waals surface area contributed by atoms with E-state index in [1.54, 1.807) is 36.4 Å². The van der Waals surface area contributed by atoms with Gasteiger partial charge in [-0.25, -0.2) is 0 Å². The molecule has 0 unspecified atom stereocenters. The monoisotopic (exact) mass is 327 g/mol. The smallest absolute Gasteiger partial charge is 0.253 e. The van der Waals surface area contributed by atoms with Gasteiger partial charge in [0.05, 0.1) is 12.2 Å². The quantitative estimate of drug-likeness (QED) is 0.842. The number of carbonyl (C=O) groups is 2. The minimum Gasteiger partial charge on any atom is -0.383 e. The van der Waals surface area contributed by atoms with Gasteiger partial charge < -0.3 is 15.4 Å². The molecule has 0 aliphatic carbocycles. The van der Waals surface area contributed by atoms with Crippen LogP contribution in [0.3, 0.4) is 0 Å². The molecule has 0 atom stereocenters. The first-order chi connectivity index (χ1) is 11.6. The van der Waals surface area contributed by atoms with Crippen molar-refractivity contribution in [3.05, 3.63) is 53.9 Å². The van der Waals surface area contributed by atoms with Crippen LogP contribution in [-0.4, -0.2) is 48.5 Å². The average Bonchev–Trinajstić information content (AvgIpc) is 2.62. The number of rotatable bonds is 7. The third-order valence-corrected chi connectivity index (χ3v) is 3.72. The lowest BCUT2D eigenvalue weighted by atomic mass is 10.0. The molecular weight excluding hydrogens is 306 g/mol. The number of amides is 2. The zero-order chi connectivity index (χ0) is 17.5. The Morgan fingerprint density at radius 3 is 2.42 bits per heavy atom. The van der Waals surface area contributed by atoms with Crippen molar-refractivity contribution in [1.82, 2.24) is 9.88 Å². The van der Waals surface area contributed by atoms with Crippen LogP contribution in [-0.2, 0) is 4.74 Å². The minimum atomic E-state index is -0.520. The number of benzene rings is 1. The van der Waals surface area contributed by atoms with Gasteiger partial charge in [-0.05, 0) is 30.7 Å². The second-order valence-corrected chi connectivity index (χ2v) is 5.28. The van der Waals surface area contributed by atoms with Crippen LogP contribution in [0.5, 0.6) is 0 Å². The van der Waals surface area contributed by atoms with Crippen molar-refractivity contribution in [1.29, 1.82) is 0 Å². The molecule has 0 saturated carbocycles. The molecule has 1 aromatic carbocycles. The number of carbonyl (C=O) groups excluding carboxylic acids is 2. The predicted octanol–water partition coefficient (Wildman–Crippen LogP) is 1.96. The molecule has 0 aliphatic heterocycles. The SMILES string of the molecule is CCN(CCOC)C(=O)c1ccc(-c2cncc(C(N)=O)c2)cc1. The Balaban J connectivity index is 2.19. The highest BCUT2D eigenvalue weighted by atomic mass is 16.5. The summed E-state index contributed by atoms with van der Waals surface area (Å²) in [5, 5.41) is 0. The van der Waals surface area contributed by atoms with Gasteiger partial charge in [0.15, 0.2) is 0 Å². The standard InChI is InChI=1S/C18H21N3O3/c1-3-21(8-9-24-2)18(23)14-6-4-13(5-7-14)15-10-16(17(19)22)12-20-11-15/h4-7,10-12H,3,8-9H2,1-2H3,(H2,19,22). The lowest BCUT2D eigenvalue weighted by Crippen LogP contribution is -2.33. The maximum Gasteiger partial charge on any atom is 0.253 e. The van der Waals surface area contributed by atoms with Crippen LogP contribution in [0.15, 0.2) is 42.7 Å². The van der Waals surface area contributed by atoms with Gasteiger partial charge in [-0.2, -0.15) is 0 Å². The van der Waals surface area contributed by atoms with Crippen LogP contribution in [0.4, 0.5) is 0 Å². The van der Waals surface area contributed by atoms with Gasteiger partial charge in [-0.15, -0.1) is 0 Å². The fourth-order valence-electron chi connectivity index (χ4n) is 2.33. The van der Waals surface area contributed by atoms with Crippen LogP contribution >= 0.6 is 0 Å². The topological polar surface area (TPSA) is 85.5 Å². The van der Waals surface area contributed by atoms with Gasteiger partial charge in [-0.1, -0.05) is 12.1 Å². The second-order valence-electron chi connectivity index (χ2n) is 5.28. The first-order valence-corrected chi connectivity index (χ1v) is 7.70. The van der Waals surface area contributed by atoms with E-state index >= 15 is 0 Å². The number of hydrogen-bond donors (Lipinski definition) is 1. The molecule has 1 aromatic heterocycles. The summed E-state index contributed by atoms with van der Waals surface area (Å²) in [5.74, 6) is -0.557. The normalized spacial score (nSPS) is 10.4. The maximum atomic E-state index is 12.5. The molecule has 1 heterocycles. The molecule has 6 heteroatoms. The Morgan fingerprint density at radius 1 is 1.12 bits per heavy atom. The van der Waals surface area contributed by atoms with E-state index in [1.807, 2.05) is 19.1 Å². The van der Waals surface area contributed by atoms with E-state index in [0.29, 0.717) is 30.8 Å². The first-order valence-electron chi connectivity index (χ1n) is 7.70. The molecule has 0 fully saturated rings. The number of hydrogen-bond acceptors (Lipinski definition) is 4. The van der Waals surface area contributed by atoms with Gasteiger partial charge in [-0.3, -0.25) is 14.6 Å². The molecule has 0 radical (unpaired) electrons. The van der Waals surface area contributed by atoms with Crippen molar-refractivity contribution in [2.75, 3.05) is 26.8 Å². The van der Waals surface area contributed by atoms with Crippen molar-refractivity contribution in [2.45, 2.75) is 6.92 Å². The fraction of sp³-hybridized carbons (Fsp3) is 0.278. The van der Waals surface area contributed by atoms with Gasteiger partial charge in [0.1, 0.15) is 0 Å². The highest BCUT2D eigenvalue weighted by Gasteiger charge is 2.14. The Hall–Kier alpha value is -2.73. The van der Waals surface area contributed by atoms with E-state index in [1.165, 1.54) is 6.20 Å². The van der Waals surface area contributed by atoms with Crippen LogP contribution in [0.1, 0.15) is 27.6 Å². The third kappa shape index (κ3) is 4.17. The fourth-order valence-corrected chi connectivity index (χ4v) is 2.33. The van der Waals surface area contributed by atoms with E-state index in [2.05, 4.69) is 4.98 Å². The lowest BCUT2D eigenvalue weighted by molar-refractivity contribution is 0.0706. The summed E-state index contributed by atoms with van der Waals surface area (Å²) in [7, 11) is 1.61. The van der Waals surface area contributed by atoms with Crippen LogP contribution < -0.4 is 5.73 Å². The molecule has 2 rings (SSSR count). The summed E-state index contributed by atoms with van der Waals surface area (Å²) in [4.78, 5) is 29.5. The highest BCUT2D eigenvalue weighted by Crippen LogP contribution is 2.20. The van der Waals surface area contributed by atoms with E-state index in [-0.39, 0.29) is 5.91 Å². The van der Waals surface area contributed by atoms with E-state index in [9.17, 15) is 9.59 Å². The molecule has 2 aromatic rings. The molecule has 6 nitrogen and oxygen atoms in total. The first kappa shape index (κ1) is 17.6. The summed E-state index contributed by atoms with van der Waals surface area (Å²) in [6.45, 7) is 3.61. The number of likely N-dealkylation sites (N-methyl/N-ethyl adjacent to an activating group) is 1. The summed E-state index contributed by atoms with van der Waals surface area (Å²) < 4.78 is 5.03. The summed E-state index contributed by atoms with van der Waals surface area (Å²) >= 11 is 0. The zero-order valence-corrected chi connectivity index (χ0v) is 13.9. The van der Waals surface area contributed by atoms with Gasteiger partial charge >= 0.3 is 0 Å². The van der Waals surface area contributed by atoms with Crippen LogP contribution in [0.2, 0.25) is 0 Å². The Kier molecular flexibility index (Phi) is 6.03. The lowest BCUT2D eigenvalue weighted by Gasteiger charge is -2.20. The number of pyridine rings is 1. The van der Waals surface area contributed by atoms with E-state index in [0.717, 1.165) is 11.1 Å². The van der Waals surface area contributed by atoms with Crippen molar-refractivity contribution in [2.24, 2.45) is 5.73 Å². The average molecular weight is 327 g/mol. The Labute approximate surface area is 141 Å². The predicted molar refractivity (Wildman–Crippen MR) is 91.6 cm³/mol. The van der Waals surface area contributed by atoms with Gasteiger partial charge in [0.2, 0.25) is 5.91 Å². The van der Waals surface area contributed by atoms with Crippen LogP contribution in [0, 0.1) is 0 Å². The maximum absolute atomic E-state index is 12.5. The second kappa shape index (κ2) is 8.21. The van der Waals surface area contributed by atoms with E-state index in [4.69, 9.17) is 10.5 Å². The molecule has 24 heavy (non-hydrogen) atoms. The van der Waals surface area contributed by atoms with Crippen LogP contribution in [0.25, 0.3) is 11.1 Å². The summed E-state index contributed by atoms with van der Waals surface area (Å²) in [6, 6.07) is 8.88. The highest BCUT2D eigenvalue weighted by molar-refractivity contribution is 5.95. The summed E-state index contributed by atoms with van der Waals surface area (Å²) in [6.07, 6.45) is 3.08. The number of nitrogens with two attached hydrogens (primary N) is 1. The minimum absolute atomic E-state index is 0.0369. The molecule has 2 N–H and O–H groups in total. The molecule has 0 saturated heterocycles. The van der Waals surface area contributed by atoms with Crippen molar-refractivity contribution in [3.63, 3.8) is 0 Å². The zero-order valence-electron chi connectivity index (χ0n) is 13.9. The molecule has 0 spiro atoms. The van der Waals surface area contributed by atoms with Gasteiger partial charge in [0.25, 0.3) is 5.91 Å². The summed E-state index contributed by atoms with van der Waals surface area (Å²) in [5.41, 5.74) is 7.87. The largest absolute Gasteiger partial charge is 0.383 e. The Morgan fingerprint density at radius 2 is 1.83 bits per heavy atom. The number of ether oxygens (including phenoxy) is 1. The number of nitrogens with zero attached hydrogens (tertiary/aromatic N) is 2. The Bertz CT molecular complexity index is 714. The molecular formula is C18H21N3O3. The molecule has 0 aliphatic rings.